The highest BCUT2D eigenvalue weighted by Crippen LogP contribution is 2.29. The van der Waals surface area contributed by atoms with Gasteiger partial charge in [-0.2, -0.15) is 0 Å². The SMILES string of the molecule is COc1ccc(C(=O)c2coc3ccc(OCc4ccc(Cl)c(Cl)c4)cc23)cc1. The van der Waals surface area contributed by atoms with Crippen LogP contribution in [0, 0.1) is 0 Å². The lowest BCUT2D eigenvalue weighted by molar-refractivity contribution is 0.103. The van der Waals surface area contributed by atoms with E-state index in [4.69, 9.17) is 37.1 Å². The normalized spacial score (nSPS) is 10.9. The fourth-order valence-corrected chi connectivity index (χ4v) is 3.29. The van der Waals surface area contributed by atoms with Crippen LogP contribution in [0.25, 0.3) is 11.0 Å². The van der Waals surface area contributed by atoms with Gasteiger partial charge in [-0.25, -0.2) is 0 Å². The highest BCUT2D eigenvalue weighted by atomic mass is 35.5. The summed E-state index contributed by atoms with van der Waals surface area (Å²) in [6.07, 6.45) is 1.47. The van der Waals surface area contributed by atoms with Crippen LogP contribution in [0.5, 0.6) is 11.5 Å². The van der Waals surface area contributed by atoms with Crippen LogP contribution in [-0.2, 0) is 6.61 Å². The van der Waals surface area contributed by atoms with Gasteiger partial charge in [-0.1, -0.05) is 29.3 Å². The molecule has 0 saturated carbocycles. The van der Waals surface area contributed by atoms with Gasteiger partial charge in [0.1, 0.15) is 30.0 Å². The van der Waals surface area contributed by atoms with Crippen LogP contribution in [0.2, 0.25) is 10.0 Å². The summed E-state index contributed by atoms with van der Waals surface area (Å²) in [5.41, 5.74) is 2.53. The Labute approximate surface area is 177 Å². The van der Waals surface area contributed by atoms with Gasteiger partial charge in [0.05, 0.1) is 22.7 Å². The third-order valence-electron chi connectivity index (χ3n) is 4.53. The van der Waals surface area contributed by atoms with E-state index in [9.17, 15) is 4.79 Å². The molecule has 0 N–H and O–H groups in total. The van der Waals surface area contributed by atoms with E-state index < -0.39 is 0 Å². The maximum atomic E-state index is 12.9. The van der Waals surface area contributed by atoms with Gasteiger partial charge < -0.3 is 13.9 Å². The van der Waals surface area contributed by atoms with E-state index in [0.717, 1.165) is 5.56 Å². The Morgan fingerprint density at radius 1 is 0.931 bits per heavy atom. The van der Waals surface area contributed by atoms with Crippen molar-refractivity contribution in [2.45, 2.75) is 6.61 Å². The first kappa shape index (κ1) is 19.4. The maximum absolute atomic E-state index is 12.9. The minimum Gasteiger partial charge on any atom is -0.497 e. The van der Waals surface area contributed by atoms with E-state index >= 15 is 0 Å². The molecular formula is C23H16Cl2O4. The van der Waals surface area contributed by atoms with E-state index in [2.05, 4.69) is 0 Å². The molecule has 0 fully saturated rings. The number of carbonyl (C=O) groups is 1. The first-order chi connectivity index (χ1) is 14.0. The van der Waals surface area contributed by atoms with Crippen molar-refractivity contribution < 1.29 is 18.7 Å². The van der Waals surface area contributed by atoms with Gasteiger partial charge in [0.15, 0.2) is 5.78 Å². The van der Waals surface area contributed by atoms with Gasteiger partial charge in [0.2, 0.25) is 0 Å². The minimum atomic E-state index is -0.131. The molecule has 0 spiro atoms. The number of methoxy groups -OCH3 is 1. The summed E-state index contributed by atoms with van der Waals surface area (Å²) < 4.78 is 16.6. The molecule has 0 saturated heterocycles. The van der Waals surface area contributed by atoms with Gasteiger partial charge in [-0.05, 0) is 60.2 Å². The minimum absolute atomic E-state index is 0.131. The van der Waals surface area contributed by atoms with Gasteiger partial charge in [0.25, 0.3) is 0 Å². The third kappa shape index (κ3) is 4.09. The molecule has 146 valence electrons. The van der Waals surface area contributed by atoms with Crippen LogP contribution in [-0.4, -0.2) is 12.9 Å². The number of fused-ring (bicyclic) bond motifs is 1. The fourth-order valence-electron chi connectivity index (χ4n) is 2.97. The lowest BCUT2D eigenvalue weighted by Crippen LogP contribution is -2.00. The second-order valence-corrected chi connectivity index (χ2v) is 7.22. The molecule has 4 aromatic rings. The van der Waals surface area contributed by atoms with E-state index in [0.29, 0.717) is 50.2 Å². The topological polar surface area (TPSA) is 48.7 Å². The summed E-state index contributed by atoms with van der Waals surface area (Å²) >= 11 is 12.0. The van der Waals surface area contributed by atoms with Crippen molar-refractivity contribution in [3.05, 3.63) is 93.7 Å². The summed E-state index contributed by atoms with van der Waals surface area (Å²) in [4.78, 5) is 12.9. The number of ether oxygens (including phenoxy) is 2. The van der Waals surface area contributed by atoms with Crippen molar-refractivity contribution in [3.8, 4) is 11.5 Å². The number of hydrogen-bond donors (Lipinski definition) is 0. The molecule has 3 aromatic carbocycles. The summed E-state index contributed by atoms with van der Waals surface area (Å²) in [5.74, 6) is 1.18. The predicted octanol–water partition coefficient (Wildman–Crippen LogP) is 6.56. The van der Waals surface area contributed by atoms with Crippen LogP contribution < -0.4 is 9.47 Å². The Morgan fingerprint density at radius 2 is 1.69 bits per heavy atom. The second kappa shape index (κ2) is 8.19. The van der Waals surface area contributed by atoms with Crippen molar-refractivity contribution in [2.24, 2.45) is 0 Å². The van der Waals surface area contributed by atoms with Gasteiger partial charge in [-0.15, -0.1) is 0 Å². The average molecular weight is 427 g/mol. The van der Waals surface area contributed by atoms with Crippen LogP contribution in [0.3, 0.4) is 0 Å². The fraction of sp³-hybridized carbons (Fsp3) is 0.0870. The van der Waals surface area contributed by atoms with Crippen LogP contribution >= 0.6 is 23.2 Å². The summed E-state index contributed by atoms with van der Waals surface area (Å²) in [6, 6.07) is 17.7. The lowest BCUT2D eigenvalue weighted by Gasteiger charge is -2.08. The number of furan rings is 1. The van der Waals surface area contributed by atoms with Crippen molar-refractivity contribution in [1.29, 1.82) is 0 Å². The van der Waals surface area contributed by atoms with Crippen molar-refractivity contribution >= 4 is 40.0 Å². The zero-order valence-corrected chi connectivity index (χ0v) is 17.0. The van der Waals surface area contributed by atoms with Gasteiger partial charge >= 0.3 is 0 Å². The van der Waals surface area contributed by atoms with E-state index in [1.54, 1.807) is 61.7 Å². The summed E-state index contributed by atoms with van der Waals surface area (Å²) in [7, 11) is 1.58. The van der Waals surface area contributed by atoms with Crippen LogP contribution in [0.1, 0.15) is 21.5 Å². The van der Waals surface area contributed by atoms with E-state index in [1.165, 1.54) is 6.26 Å². The molecule has 6 heteroatoms. The molecule has 1 heterocycles. The quantitative estimate of drug-likeness (QED) is 0.327. The van der Waals surface area contributed by atoms with Gasteiger partial charge in [0, 0.05) is 10.9 Å². The van der Waals surface area contributed by atoms with Crippen molar-refractivity contribution in [2.75, 3.05) is 7.11 Å². The van der Waals surface area contributed by atoms with Crippen molar-refractivity contribution in [3.63, 3.8) is 0 Å². The molecule has 0 aliphatic carbocycles. The first-order valence-corrected chi connectivity index (χ1v) is 9.57. The largest absolute Gasteiger partial charge is 0.497 e. The molecule has 0 radical (unpaired) electrons. The van der Waals surface area contributed by atoms with Crippen LogP contribution in [0.15, 0.2) is 71.3 Å². The molecule has 1 aromatic heterocycles. The Morgan fingerprint density at radius 3 is 2.41 bits per heavy atom. The van der Waals surface area contributed by atoms with Gasteiger partial charge in [-0.3, -0.25) is 4.79 Å². The highest BCUT2D eigenvalue weighted by Gasteiger charge is 2.16. The molecule has 4 rings (SSSR count). The number of halogens is 2. The number of hydrogen-bond acceptors (Lipinski definition) is 4. The molecule has 0 unspecified atom stereocenters. The summed E-state index contributed by atoms with van der Waals surface area (Å²) in [5, 5.41) is 1.67. The Kier molecular flexibility index (Phi) is 5.47. The lowest BCUT2D eigenvalue weighted by atomic mass is 10.0. The highest BCUT2D eigenvalue weighted by molar-refractivity contribution is 6.42. The Hall–Kier alpha value is -2.95. The molecule has 0 aliphatic heterocycles. The van der Waals surface area contributed by atoms with E-state index in [-0.39, 0.29) is 5.78 Å². The van der Waals surface area contributed by atoms with Crippen molar-refractivity contribution in [1.82, 2.24) is 0 Å². The smallest absolute Gasteiger partial charge is 0.196 e. The Bertz CT molecular complexity index is 1180. The van der Waals surface area contributed by atoms with Crippen LogP contribution in [0.4, 0.5) is 0 Å². The Balaban J connectivity index is 1.58. The standard InChI is InChI=1S/C23H16Cl2O4/c1-27-16-5-3-15(4-6-16)23(26)19-13-29-22-9-7-17(11-18(19)22)28-12-14-2-8-20(24)21(25)10-14/h2-11,13H,12H2,1H3. The molecule has 0 amide bonds. The third-order valence-corrected chi connectivity index (χ3v) is 5.27. The molecular weight excluding hydrogens is 411 g/mol. The number of carbonyl (C=O) groups excluding carboxylic acids is 1. The summed E-state index contributed by atoms with van der Waals surface area (Å²) in [6.45, 7) is 0.321. The number of rotatable bonds is 6. The number of ketones is 1. The monoisotopic (exact) mass is 426 g/mol. The van der Waals surface area contributed by atoms with E-state index in [1.807, 2.05) is 6.07 Å². The molecule has 4 nitrogen and oxygen atoms in total. The second-order valence-electron chi connectivity index (χ2n) is 6.40. The zero-order valence-electron chi connectivity index (χ0n) is 15.4. The zero-order chi connectivity index (χ0) is 20.4. The molecule has 0 bridgehead atoms. The molecule has 29 heavy (non-hydrogen) atoms. The average Bonchev–Trinajstić information content (AvgIpc) is 3.17. The molecule has 0 aliphatic rings. The molecule has 0 atom stereocenters. The number of benzene rings is 3. The maximum Gasteiger partial charge on any atom is 0.196 e. The first-order valence-electron chi connectivity index (χ1n) is 8.82. The predicted molar refractivity (Wildman–Crippen MR) is 113 cm³/mol.